The molecule has 4 rings (SSSR count). The molecule has 0 radical (unpaired) electrons. The van der Waals surface area contributed by atoms with Gasteiger partial charge in [-0.25, -0.2) is 10.4 Å². The first-order valence-corrected chi connectivity index (χ1v) is 7.61. The molecule has 0 fully saturated rings. The zero-order valence-corrected chi connectivity index (χ0v) is 12.8. The maximum absolute atomic E-state index is 12.0. The number of H-pyrrole nitrogens is 2. The van der Waals surface area contributed by atoms with Crippen molar-refractivity contribution in [1.29, 1.82) is 0 Å². The molecule has 2 aromatic heterocycles. The number of rotatable bonds is 4. The van der Waals surface area contributed by atoms with E-state index in [0.717, 1.165) is 27.5 Å². The van der Waals surface area contributed by atoms with E-state index in [1.165, 1.54) is 0 Å². The van der Waals surface area contributed by atoms with Gasteiger partial charge in [-0.15, -0.1) is 0 Å². The van der Waals surface area contributed by atoms with Crippen molar-refractivity contribution in [2.75, 3.05) is 0 Å². The van der Waals surface area contributed by atoms with Crippen LogP contribution in [0.15, 0.2) is 59.8 Å². The van der Waals surface area contributed by atoms with Gasteiger partial charge in [-0.3, -0.25) is 4.79 Å². The molecule has 1 amide bonds. The number of hydrazone groups is 1. The van der Waals surface area contributed by atoms with Crippen LogP contribution in [0.4, 0.5) is 0 Å². The van der Waals surface area contributed by atoms with Gasteiger partial charge >= 0.3 is 0 Å². The van der Waals surface area contributed by atoms with Gasteiger partial charge in [0.05, 0.1) is 23.7 Å². The van der Waals surface area contributed by atoms with Gasteiger partial charge in [-0.2, -0.15) is 5.10 Å². The van der Waals surface area contributed by atoms with Crippen LogP contribution >= 0.6 is 0 Å². The molecule has 4 aromatic rings. The average Bonchev–Trinajstić information content (AvgIpc) is 3.18. The molecule has 24 heavy (non-hydrogen) atoms. The highest BCUT2D eigenvalue weighted by Gasteiger charge is 2.07. The van der Waals surface area contributed by atoms with Gasteiger partial charge in [0.2, 0.25) is 5.91 Å². The topological polar surface area (TPSA) is 85.9 Å². The summed E-state index contributed by atoms with van der Waals surface area (Å²) < 4.78 is 0. The van der Waals surface area contributed by atoms with Crippen LogP contribution in [-0.4, -0.2) is 27.1 Å². The van der Waals surface area contributed by atoms with Gasteiger partial charge in [0.1, 0.15) is 5.82 Å². The number of aromatic nitrogens is 3. The number of para-hydroxylation sites is 3. The number of hydrogen-bond acceptors (Lipinski definition) is 3. The summed E-state index contributed by atoms with van der Waals surface area (Å²) in [6, 6.07) is 15.6. The quantitative estimate of drug-likeness (QED) is 0.399. The minimum absolute atomic E-state index is 0.153. The molecule has 2 aromatic carbocycles. The second kappa shape index (κ2) is 6.00. The number of nitrogens with one attached hydrogen (secondary N) is 3. The Labute approximate surface area is 137 Å². The molecular formula is C18H15N5O. The standard InChI is InChI=1S/C18H15N5O/c24-18(9-17-21-15-7-3-4-8-16(15)22-17)23-20-11-12-10-19-14-6-2-1-5-13(12)14/h1-8,10-11,19H,9H2,(H,21,22)(H,23,24). The summed E-state index contributed by atoms with van der Waals surface area (Å²) in [5.74, 6) is 0.404. The molecule has 0 aliphatic heterocycles. The Morgan fingerprint density at radius 2 is 1.92 bits per heavy atom. The van der Waals surface area contributed by atoms with Crippen molar-refractivity contribution in [2.45, 2.75) is 6.42 Å². The average molecular weight is 317 g/mol. The van der Waals surface area contributed by atoms with Crippen LogP contribution in [0, 0.1) is 0 Å². The van der Waals surface area contributed by atoms with E-state index >= 15 is 0 Å². The van der Waals surface area contributed by atoms with Crippen LogP contribution in [0.2, 0.25) is 0 Å². The molecule has 0 spiro atoms. The summed E-state index contributed by atoms with van der Waals surface area (Å²) in [5, 5.41) is 5.09. The lowest BCUT2D eigenvalue weighted by Crippen LogP contribution is -2.20. The fraction of sp³-hybridized carbons (Fsp3) is 0.0556. The number of benzene rings is 2. The predicted molar refractivity (Wildman–Crippen MR) is 93.8 cm³/mol. The number of carbonyl (C=O) groups is 1. The van der Waals surface area contributed by atoms with E-state index in [4.69, 9.17) is 0 Å². The molecule has 0 aliphatic rings. The third-order valence-electron chi connectivity index (χ3n) is 3.78. The Hall–Kier alpha value is -3.41. The highest BCUT2D eigenvalue weighted by molar-refractivity contribution is 5.99. The molecule has 0 saturated heterocycles. The molecule has 2 heterocycles. The van der Waals surface area contributed by atoms with Crippen molar-refractivity contribution in [3.63, 3.8) is 0 Å². The highest BCUT2D eigenvalue weighted by atomic mass is 16.2. The number of carbonyl (C=O) groups excluding carboxylic acids is 1. The highest BCUT2D eigenvalue weighted by Crippen LogP contribution is 2.15. The molecule has 6 heteroatoms. The first-order chi connectivity index (χ1) is 11.8. The van der Waals surface area contributed by atoms with E-state index in [1.807, 2.05) is 54.7 Å². The molecule has 6 nitrogen and oxygen atoms in total. The monoisotopic (exact) mass is 317 g/mol. The number of imidazole rings is 1. The van der Waals surface area contributed by atoms with Crippen molar-refractivity contribution < 1.29 is 4.79 Å². The van der Waals surface area contributed by atoms with Crippen LogP contribution < -0.4 is 5.43 Å². The van der Waals surface area contributed by atoms with Crippen molar-refractivity contribution in [3.05, 3.63) is 66.1 Å². The Kier molecular flexibility index (Phi) is 3.55. The molecule has 0 unspecified atom stereocenters. The predicted octanol–water partition coefficient (Wildman–Crippen LogP) is 2.74. The van der Waals surface area contributed by atoms with E-state index in [1.54, 1.807) is 6.21 Å². The van der Waals surface area contributed by atoms with E-state index in [-0.39, 0.29) is 12.3 Å². The molecule has 3 N–H and O–H groups in total. The lowest BCUT2D eigenvalue weighted by Gasteiger charge is -1.96. The SMILES string of the molecule is O=C(Cc1nc2ccccc2[nH]1)NN=Cc1c[nH]c2ccccc12. The van der Waals surface area contributed by atoms with E-state index in [0.29, 0.717) is 5.82 Å². The minimum Gasteiger partial charge on any atom is -0.361 e. The Balaban J connectivity index is 1.42. The van der Waals surface area contributed by atoms with Crippen molar-refractivity contribution >= 4 is 34.1 Å². The van der Waals surface area contributed by atoms with E-state index in [2.05, 4.69) is 25.5 Å². The number of nitrogens with zero attached hydrogens (tertiary/aromatic N) is 2. The Bertz CT molecular complexity index is 1010. The lowest BCUT2D eigenvalue weighted by atomic mass is 10.2. The lowest BCUT2D eigenvalue weighted by molar-refractivity contribution is -0.120. The Morgan fingerprint density at radius 3 is 2.79 bits per heavy atom. The molecular weight excluding hydrogens is 302 g/mol. The normalized spacial score (nSPS) is 11.5. The van der Waals surface area contributed by atoms with Gasteiger partial charge in [0.15, 0.2) is 0 Å². The molecule has 0 atom stereocenters. The van der Waals surface area contributed by atoms with Gasteiger partial charge < -0.3 is 9.97 Å². The number of amides is 1. The summed E-state index contributed by atoms with van der Waals surface area (Å²) in [4.78, 5) is 22.7. The number of aromatic amines is 2. The van der Waals surface area contributed by atoms with Crippen molar-refractivity contribution in [1.82, 2.24) is 20.4 Å². The molecule has 0 saturated carbocycles. The largest absolute Gasteiger partial charge is 0.361 e. The Morgan fingerprint density at radius 1 is 1.12 bits per heavy atom. The van der Waals surface area contributed by atoms with Gasteiger partial charge in [0, 0.05) is 22.7 Å². The molecule has 0 bridgehead atoms. The fourth-order valence-electron chi connectivity index (χ4n) is 2.66. The zero-order chi connectivity index (χ0) is 16.4. The van der Waals surface area contributed by atoms with Crippen LogP contribution in [0.3, 0.4) is 0 Å². The van der Waals surface area contributed by atoms with Gasteiger partial charge in [0.25, 0.3) is 0 Å². The maximum atomic E-state index is 12.0. The molecule has 0 aliphatic carbocycles. The summed E-state index contributed by atoms with van der Waals surface area (Å²) in [5.41, 5.74) is 6.26. The number of fused-ring (bicyclic) bond motifs is 2. The fourth-order valence-corrected chi connectivity index (χ4v) is 2.66. The van der Waals surface area contributed by atoms with E-state index < -0.39 is 0 Å². The third-order valence-corrected chi connectivity index (χ3v) is 3.78. The first-order valence-electron chi connectivity index (χ1n) is 7.61. The summed E-state index contributed by atoms with van der Waals surface area (Å²) in [6.45, 7) is 0. The van der Waals surface area contributed by atoms with Crippen LogP contribution in [0.5, 0.6) is 0 Å². The smallest absolute Gasteiger partial charge is 0.247 e. The van der Waals surface area contributed by atoms with Crippen molar-refractivity contribution in [3.8, 4) is 0 Å². The number of hydrogen-bond donors (Lipinski definition) is 3. The summed E-state index contributed by atoms with van der Waals surface area (Å²) in [6.07, 6.45) is 3.65. The first kappa shape index (κ1) is 14.2. The third kappa shape index (κ3) is 2.77. The summed E-state index contributed by atoms with van der Waals surface area (Å²) >= 11 is 0. The van der Waals surface area contributed by atoms with Crippen LogP contribution in [-0.2, 0) is 11.2 Å². The van der Waals surface area contributed by atoms with Crippen molar-refractivity contribution in [2.24, 2.45) is 5.10 Å². The molecule has 118 valence electrons. The second-order valence-corrected chi connectivity index (χ2v) is 5.46. The minimum atomic E-state index is -0.217. The van der Waals surface area contributed by atoms with Gasteiger partial charge in [-0.05, 0) is 18.2 Å². The second-order valence-electron chi connectivity index (χ2n) is 5.46. The van der Waals surface area contributed by atoms with Crippen LogP contribution in [0.25, 0.3) is 21.9 Å². The zero-order valence-electron chi connectivity index (χ0n) is 12.8. The van der Waals surface area contributed by atoms with Crippen LogP contribution in [0.1, 0.15) is 11.4 Å². The maximum Gasteiger partial charge on any atom is 0.247 e. The van der Waals surface area contributed by atoms with Gasteiger partial charge in [-0.1, -0.05) is 30.3 Å². The van der Waals surface area contributed by atoms with E-state index in [9.17, 15) is 4.79 Å². The summed E-state index contributed by atoms with van der Waals surface area (Å²) in [7, 11) is 0.